The molecular formula is C24H48S. The zero-order chi connectivity index (χ0) is 18.0. The number of hydrogen-bond acceptors (Lipinski definition) is 1. The quantitative estimate of drug-likeness (QED) is 0.192. The Labute approximate surface area is 165 Å². The number of thiol groups is 1. The molecule has 0 nitrogen and oxygen atoms in total. The molecule has 150 valence electrons. The molecule has 0 bridgehead atoms. The van der Waals surface area contributed by atoms with Gasteiger partial charge in [0.05, 0.1) is 0 Å². The summed E-state index contributed by atoms with van der Waals surface area (Å²) >= 11 is 4.61. The van der Waals surface area contributed by atoms with Gasteiger partial charge in [0.1, 0.15) is 0 Å². The number of unbranched alkanes of at least 4 members (excludes halogenated alkanes) is 15. The van der Waals surface area contributed by atoms with Crippen molar-refractivity contribution < 1.29 is 0 Å². The van der Waals surface area contributed by atoms with Crippen LogP contribution in [0.2, 0.25) is 0 Å². The number of hydrogen-bond donors (Lipinski definition) is 1. The van der Waals surface area contributed by atoms with Crippen molar-refractivity contribution in [3.63, 3.8) is 0 Å². The molecule has 1 rings (SSSR count). The van der Waals surface area contributed by atoms with Crippen LogP contribution in [-0.4, -0.2) is 5.25 Å². The first kappa shape index (κ1) is 23.4. The van der Waals surface area contributed by atoms with E-state index >= 15 is 0 Å². The summed E-state index contributed by atoms with van der Waals surface area (Å²) in [5.74, 6) is 1.04. The van der Waals surface area contributed by atoms with Crippen LogP contribution >= 0.6 is 12.6 Å². The van der Waals surface area contributed by atoms with E-state index in [-0.39, 0.29) is 0 Å². The number of rotatable bonds is 17. The highest BCUT2D eigenvalue weighted by Crippen LogP contribution is 2.30. The van der Waals surface area contributed by atoms with E-state index in [1.165, 1.54) is 135 Å². The second-order valence-electron chi connectivity index (χ2n) is 8.77. The molecule has 25 heavy (non-hydrogen) atoms. The van der Waals surface area contributed by atoms with Crippen molar-refractivity contribution in [2.24, 2.45) is 5.92 Å². The Kier molecular flexibility index (Phi) is 16.6. The lowest BCUT2D eigenvalue weighted by Gasteiger charge is -2.25. The maximum atomic E-state index is 4.61. The highest BCUT2D eigenvalue weighted by atomic mass is 32.1. The predicted octanol–water partition coefficient (Wildman–Crippen LogP) is 9.13. The molecule has 1 heteroatoms. The molecule has 0 amide bonds. The van der Waals surface area contributed by atoms with Gasteiger partial charge in [-0.1, -0.05) is 116 Å². The molecule has 0 aromatic rings. The fourth-order valence-corrected chi connectivity index (χ4v) is 4.71. The molecule has 0 atom stereocenters. The third-order valence-corrected chi connectivity index (χ3v) is 6.80. The lowest BCUT2D eigenvalue weighted by Crippen LogP contribution is -2.14. The zero-order valence-corrected chi connectivity index (χ0v) is 18.3. The smallest absolute Gasteiger partial charge is 0.00170 e. The normalized spacial score (nSPS) is 20.9. The summed E-state index contributed by atoms with van der Waals surface area (Å²) in [5, 5.41) is 0.710. The highest BCUT2D eigenvalue weighted by molar-refractivity contribution is 7.80. The van der Waals surface area contributed by atoms with Crippen molar-refractivity contribution in [3.8, 4) is 0 Å². The molecule has 1 saturated carbocycles. The van der Waals surface area contributed by atoms with E-state index in [1.54, 1.807) is 0 Å². The van der Waals surface area contributed by atoms with E-state index in [2.05, 4.69) is 19.6 Å². The Morgan fingerprint density at radius 3 is 1.28 bits per heavy atom. The average molecular weight is 369 g/mol. The van der Waals surface area contributed by atoms with Crippen molar-refractivity contribution in [2.75, 3.05) is 0 Å². The van der Waals surface area contributed by atoms with Crippen LogP contribution in [0.4, 0.5) is 0 Å². The maximum absolute atomic E-state index is 4.61. The van der Waals surface area contributed by atoms with E-state index in [0.717, 1.165) is 5.92 Å². The molecule has 0 N–H and O–H groups in total. The summed E-state index contributed by atoms with van der Waals surface area (Å²) < 4.78 is 0. The van der Waals surface area contributed by atoms with Crippen LogP contribution in [0.1, 0.15) is 142 Å². The third kappa shape index (κ3) is 15.1. The van der Waals surface area contributed by atoms with Crippen LogP contribution in [-0.2, 0) is 0 Å². The Bertz CT molecular complexity index is 255. The SMILES string of the molecule is CCCCCCCCCCCCCCCCCCC1CCC(S)CC1. The minimum absolute atomic E-state index is 0.710. The molecule has 0 aromatic carbocycles. The van der Waals surface area contributed by atoms with Crippen LogP contribution in [0, 0.1) is 5.92 Å². The summed E-state index contributed by atoms with van der Waals surface area (Å²) in [4.78, 5) is 0. The second kappa shape index (κ2) is 17.7. The van der Waals surface area contributed by atoms with Crippen molar-refractivity contribution in [3.05, 3.63) is 0 Å². The first-order valence-electron chi connectivity index (χ1n) is 12.0. The van der Waals surface area contributed by atoms with E-state index < -0.39 is 0 Å². The molecule has 0 aromatic heterocycles. The van der Waals surface area contributed by atoms with Gasteiger partial charge < -0.3 is 0 Å². The molecule has 0 aliphatic heterocycles. The minimum atomic E-state index is 0.710. The summed E-state index contributed by atoms with van der Waals surface area (Å²) in [6.07, 6.45) is 30.7. The van der Waals surface area contributed by atoms with E-state index in [1.807, 2.05) is 0 Å². The Hall–Kier alpha value is 0.350. The van der Waals surface area contributed by atoms with Gasteiger partial charge in [0, 0.05) is 5.25 Å². The second-order valence-corrected chi connectivity index (χ2v) is 9.50. The monoisotopic (exact) mass is 368 g/mol. The molecule has 1 fully saturated rings. The molecule has 1 aliphatic carbocycles. The largest absolute Gasteiger partial charge is 0.176 e. The first-order chi connectivity index (χ1) is 12.3. The van der Waals surface area contributed by atoms with Crippen molar-refractivity contribution in [1.29, 1.82) is 0 Å². The molecule has 0 spiro atoms. The average Bonchev–Trinajstić information content (AvgIpc) is 2.63. The molecular weight excluding hydrogens is 320 g/mol. The van der Waals surface area contributed by atoms with Crippen molar-refractivity contribution in [1.82, 2.24) is 0 Å². The minimum Gasteiger partial charge on any atom is -0.176 e. The van der Waals surface area contributed by atoms with E-state index in [4.69, 9.17) is 0 Å². The zero-order valence-electron chi connectivity index (χ0n) is 17.5. The summed E-state index contributed by atoms with van der Waals surface area (Å²) in [6, 6.07) is 0. The van der Waals surface area contributed by atoms with E-state index in [9.17, 15) is 0 Å². The van der Waals surface area contributed by atoms with Gasteiger partial charge in [-0.15, -0.1) is 0 Å². The third-order valence-electron chi connectivity index (χ3n) is 6.28. The van der Waals surface area contributed by atoms with Gasteiger partial charge in [-0.05, 0) is 31.6 Å². The molecule has 0 unspecified atom stereocenters. The van der Waals surface area contributed by atoms with Crippen LogP contribution in [0.25, 0.3) is 0 Å². The van der Waals surface area contributed by atoms with Gasteiger partial charge in [0.15, 0.2) is 0 Å². The molecule has 1 aliphatic rings. The summed E-state index contributed by atoms with van der Waals surface area (Å²) in [7, 11) is 0. The van der Waals surface area contributed by atoms with Gasteiger partial charge >= 0.3 is 0 Å². The molecule has 0 saturated heterocycles. The highest BCUT2D eigenvalue weighted by Gasteiger charge is 2.17. The summed E-state index contributed by atoms with van der Waals surface area (Å²) in [6.45, 7) is 2.30. The van der Waals surface area contributed by atoms with Crippen LogP contribution < -0.4 is 0 Å². The van der Waals surface area contributed by atoms with Gasteiger partial charge in [-0.2, -0.15) is 12.6 Å². The summed E-state index contributed by atoms with van der Waals surface area (Å²) in [5.41, 5.74) is 0. The van der Waals surface area contributed by atoms with Crippen molar-refractivity contribution >= 4 is 12.6 Å². The Morgan fingerprint density at radius 2 is 0.880 bits per heavy atom. The van der Waals surface area contributed by atoms with Gasteiger partial charge in [0.25, 0.3) is 0 Å². The maximum Gasteiger partial charge on any atom is 0.00170 e. The van der Waals surface area contributed by atoms with Gasteiger partial charge in [-0.25, -0.2) is 0 Å². The Balaban J connectivity index is 1.68. The lowest BCUT2D eigenvalue weighted by atomic mass is 9.85. The first-order valence-corrected chi connectivity index (χ1v) is 12.5. The van der Waals surface area contributed by atoms with Gasteiger partial charge in [-0.3, -0.25) is 0 Å². The molecule has 0 heterocycles. The van der Waals surface area contributed by atoms with Crippen LogP contribution in [0.5, 0.6) is 0 Å². The Morgan fingerprint density at radius 1 is 0.520 bits per heavy atom. The lowest BCUT2D eigenvalue weighted by molar-refractivity contribution is 0.334. The van der Waals surface area contributed by atoms with Gasteiger partial charge in [0.2, 0.25) is 0 Å². The van der Waals surface area contributed by atoms with Crippen LogP contribution in [0.15, 0.2) is 0 Å². The predicted molar refractivity (Wildman–Crippen MR) is 119 cm³/mol. The fraction of sp³-hybridized carbons (Fsp3) is 1.00. The van der Waals surface area contributed by atoms with E-state index in [0.29, 0.717) is 5.25 Å². The van der Waals surface area contributed by atoms with Crippen LogP contribution in [0.3, 0.4) is 0 Å². The van der Waals surface area contributed by atoms with Crippen molar-refractivity contribution in [2.45, 2.75) is 147 Å². The standard InChI is InChI=1S/C24H48S/c1-2-3-4-5-6-7-8-9-10-11-12-13-14-15-16-17-18-23-19-21-24(25)22-20-23/h23-25H,2-22H2,1H3. The fourth-order valence-electron chi connectivity index (χ4n) is 4.41. The topological polar surface area (TPSA) is 0 Å². The molecule has 0 radical (unpaired) electrons.